The molecule has 2 rings (SSSR count). The van der Waals surface area contributed by atoms with Gasteiger partial charge in [-0.25, -0.2) is 13.2 Å². The van der Waals surface area contributed by atoms with E-state index in [0.29, 0.717) is 0 Å². The summed E-state index contributed by atoms with van der Waals surface area (Å²) >= 11 is 5.88. The van der Waals surface area contributed by atoms with Crippen LogP contribution in [0.5, 0.6) is 0 Å². The molecule has 0 aliphatic rings. The van der Waals surface area contributed by atoms with E-state index in [1.54, 1.807) is 6.07 Å². The molecule has 0 aliphatic carbocycles. The first-order valence-corrected chi connectivity index (χ1v) is 5.99. The lowest BCUT2D eigenvalue weighted by Gasteiger charge is -2.14. The van der Waals surface area contributed by atoms with Crippen molar-refractivity contribution >= 4 is 11.6 Å². The highest BCUT2D eigenvalue weighted by molar-refractivity contribution is 6.31. The average molecular weight is 286 g/mol. The summed E-state index contributed by atoms with van der Waals surface area (Å²) in [6, 6.07) is 6.56. The number of benzene rings is 2. The van der Waals surface area contributed by atoms with Gasteiger partial charge in [0.25, 0.3) is 0 Å². The third-order valence-corrected chi connectivity index (χ3v) is 3.15. The number of nitrogens with two attached hydrogens (primary N) is 1. The van der Waals surface area contributed by atoms with Crippen molar-refractivity contribution in [3.63, 3.8) is 0 Å². The van der Waals surface area contributed by atoms with Gasteiger partial charge in [-0.1, -0.05) is 17.7 Å². The van der Waals surface area contributed by atoms with Crippen molar-refractivity contribution in [2.75, 3.05) is 0 Å². The Labute approximate surface area is 113 Å². The molecule has 0 spiro atoms. The fraction of sp³-hybridized carbons (Fsp3) is 0.143. The Hall–Kier alpha value is -1.52. The Balaban J connectivity index is 2.28. The maximum atomic E-state index is 13.6. The van der Waals surface area contributed by atoms with Crippen LogP contribution in [-0.2, 0) is 6.42 Å². The molecule has 0 heterocycles. The zero-order valence-corrected chi connectivity index (χ0v) is 10.6. The highest BCUT2D eigenvalue weighted by Crippen LogP contribution is 2.25. The van der Waals surface area contributed by atoms with Crippen LogP contribution in [0.4, 0.5) is 13.2 Å². The number of rotatable bonds is 3. The summed E-state index contributed by atoms with van der Waals surface area (Å²) in [6.45, 7) is 0. The van der Waals surface area contributed by atoms with E-state index in [0.717, 1.165) is 18.2 Å². The minimum absolute atomic E-state index is 0.0639. The summed E-state index contributed by atoms with van der Waals surface area (Å²) in [6.07, 6.45) is 0.0639. The van der Waals surface area contributed by atoms with Crippen LogP contribution < -0.4 is 5.73 Å². The standard InChI is InChI=1S/C14H11ClF3N/c15-12-2-1-3-13(18)11(12)7-14(19)8-4-9(16)6-10(17)5-8/h1-6,14H,7,19H2. The smallest absolute Gasteiger partial charge is 0.127 e. The highest BCUT2D eigenvalue weighted by atomic mass is 35.5. The first-order chi connectivity index (χ1) is 8.97. The lowest BCUT2D eigenvalue weighted by Crippen LogP contribution is -2.15. The van der Waals surface area contributed by atoms with E-state index in [1.165, 1.54) is 12.1 Å². The molecule has 0 aliphatic heterocycles. The van der Waals surface area contributed by atoms with E-state index >= 15 is 0 Å². The summed E-state index contributed by atoms with van der Waals surface area (Å²) in [4.78, 5) is 0. The molecular weight excluding hydrogens is 275 g/mol. The quantitative estimate of drug-likeness (QED) is 0.906. The minimum atomic E-state index is -0.736. The zero-order chi connectivity index (χ0) is 14.0. The van der Waals surface area contributed by atoms with Gasteiger partial charge in [-0.05, 0) is 36.2 Å². The second-order valence-corrected chi connectivity index (χ2v) is 4.62. The van der Waals surface area contributed by atoms with E-state index < -0.39 is 23.5 Å². The van der Waals surface area contributed by atoms with Gasteiger partial charge < -0.3 is 5.73 Å². The van der Waals surface area contributed by atoms with Gasteiger partial charge in [0.15, 0.2) is 0 Å². The van der Waals surface area contributed by atoms with E-state index in [-0.39, 0.29) is 22.6 Å². The highest BCUT2D eigenvalue weighted by Gasteiger charge is 2.14. The van der Waals surface area contributed by atoms with Gasteiger partial charge in [0.1, 0.15) is 17.5 Å². The first kappa shape index (κ1) is 13.9. The third-order valence-electron chi connectivity index (χ3n) is 2.80. The lowest BCUT2D eigenvalue weighted by atomic mass is 9.99. The molecular formula is C14H11ClF3N. The van der Waals surface area contributed by atoms with Crippen molar-refractivity contribution in [3.8, 4) is 0 Å². The molecule has 0 amide bonds. The summed E-state index contributed by atoms with van der Waals surface area (Å²) in [5, 5.41) is 0.243. The van der Waals surface area contributed by atoms with Crippen molar-refractivity contribution in [2.24, 2.45) is 5.73 Å². The monoisotopic (exact) mass is 285 g/mol. The van der Waals surface area contributed by atoms with Crippen LogP contribution in [0.1, 0.15) is 17.2 Å². The van der Waals surface area contributed by atoms with Crippen LogP contribution in [0.15, 0.2) is 36.4 Å². The van der Waals surface area contributed by atoms with Gasteiger partial charge in [-0.15, -0.1) is 0 Å². The third kappa shape index (κ3) is 3.28. The van der Waals surface area contributed by atoms with Crippen LogP contribution in [0.25, 0.3) is 0 Å². The van der Waals surface area contributed by atoms with E-state index in [4.69, 9.17) is 17.3 Å². The maximum Gasteiger partial charge on any atom is 0.127 e. The number of hydrogen-bond acceptors (Lipinski definition) is 1. The second kappa shape index (κ2) is 5.63. The topological polar surface area (TPSA) is 26.0 Å². The van der Waals surface area contributed by atoms with Crippen LogP contribution in [-0.4, -0.2) is 0 Å². The summed E-state index contributed by atoms with van der Waals surface area (Å²) < 4.78 is 39.8. The van der Waals surface area contributed by atoms with E-state index in [9.17, 15) is 13.2 Å². The average Bonchev–Trinajstić information content (AvgIpc) is 2.32. The Morgan fingerprint density at radius 1 is 1.05 bits per heavy atom. The Morgan fingerprint density at radius 2 is 1.68 bits per heavy atom. The van der Waals surface area contributed by atoms with Crippen molar-refractivity contribution in [3.05, 3.63) is 70.0 Å². The minimum Gasteiger partial charge on any atom is -0.324 e. The fourth-order valence-electron chi connectivity index (χ4n) is 1.85. The molecule has 0 saturated heterocycles. The summed E-state index contributed by atoms with van der Waals surface area (Å²) in [5.41, 5.74) is 6.34. The predicted octanol–water partition coefficient (Wildman–Crippen LogP) is 4.00. The Bertz CT molecular complexity index is 561. The zero-order valence-electron chi connectivity index (χ0n) is 9.84. The lowest BCUT2D eigenvalue weighted by molar-refractivity contribution is 0.567. The van der Waals surface area contributed by atoms with E-state index in [2.05, 4.69) is 0 Å². The van der Waals surface area contributed by atoms with E-state index in [1.807, 2.05) is 0 Å². The summed E-state index contributed by atoms with van der Waals surface area (Å²) in [7, 11) is 0. The number of hydrogen-bond donors (Lipinski definition) is 1. The molecule has 2 aromatic rings. The van der Waals surface area contributed by atoms with Gasteiger partial charge in [0, 0.05) is 22.7 Å². The summed E-state index contributed by atoms with van der Waals surface area (Å²) in [5.74, 6) is -1.92. The normalized spacial score (nSPS) is 12.5. The molecule has 0 aromatic heterocycles. The van der Waals surface area contributed by atoms with Crippen LogP contribution >= 0.6 is 11.6 Å². The molecule has 1 nitrogen and oxygen atoms in total. The molecule has 0 radical (unpaired) electrons. The maximum absolute atomic E-state index is 13.6. The van der Waals surface area contributed by atoms with Gasteiger partial charge in [-0.2, -0.15) is 0 Å². The van der Waals surface area contributed by atoms with Gasteiger partial charge in [0.2, 0.25) is 0 Å². The molecule has 5 heteroatoms. The van der Waals surface area contributed by atoms with Crippen molar-refractivity contribution in [1.29, 1.82) is 0 Å². The molecule has 2 N–H and O–H groups in total. The van der Waals surface area contributed by atoms with Crippen LogP contribution in [0, 0.1) is 17.5 Å². The van der Waals surface area contributed by atoms with Crippen LogP contribution in [0.2, 0.25) is 5.02 Å². The molecule has 19 heavy (non-hydrogen) atoms. The second-order valence-electron chi connectivity index (χ2n) is 4.21. The number of halogens is 4. The van der Waals surface area contributed by atoms with Gasteiger partial charge in [-0.3, -0.25) is 0 Å². The van der Waals surface area contributed by atoms with Gasteiger partial charge in [0.05, 0.1) is 0 Å². The van der Waals surface area contributed by atoms with Crippen LogP contribution in [0.3, 0.4) is 0 Å². The SMILES string of the molecule is NC(Cc1c(F)cccc1Cl)c1cc(F)cc(F)c1. The molecule has 0 saturated carbocycles. The molecule has 1 atom stereocenters. The fourth-order valence-corrected chi connectivity index (χ4v) is 2.09. The predicted molar refractivity (Wildman–Crippen MR) is 68.4 cm³/mol. The van der Waals surface area contributed by atoms with Gasteiger partial charge >= 0.3 is 0 Å². The first-order valence-electron chi connectivity index (χ1n) is 5.62. The Kier molecular flexibility index (Phi) is 4.12. The molecule has 0 bridgehead atoms. The molecule has 1 unspecified atom stereocenters. The largest absolute Gasteiger partial charge is 0.324 e. The van der Waals surface area contributed by atoms with Crippen molar-refractivity contribution in [1.82, 2.24) is 0 Å². The molecule has 100 valence electrons. The Morgan fingerprint density at radius 3 is 2.26 bits per heavy atom. The molecule has 2 aromatic carbocycles. The molecule has 0 fully saturated rings. The van der Waals surface area contributed by atoms with Crippen molar-refractivity contribution < 1.29 is 13.2 Å². The van der Waals surface area contributed by atoms with Crippen molar-refractivity contribution in [2.45, 2.75) is 12.5 Å².